The average Bonchev–Trinajstić information content (AvgIpc) is 3.86. The molecule has 0 saturated heterocycles. The van der Waals surface area contributed by atoms with Crippen LogP contribution in [0.1, 0.15) is 22.8 Å². The molecule has 0 unspecified atom stereocenters. The molecule has 6 aromatic rings. The smallest absolute Gasteiger partial charge is 0.0738 e. The zero-order valence-corrected chi connectivity index (χ0v) is 23.8. The molecule has 3 aromatic carbocycles. The van der Waals surface area contributed by atoms with Crippen molar-refractivity contribution in [1.29, 1.82) is 0 Å². The number of H-pyrrole nitrogens is 2. The predicted molar refractivity (Wildman–Crippen MR) is 184 cm³/mol. The minimum Gasteiger partial charge on any atom is -0.398 e. The van der Waals surface area contributed by atoms with Gasteiger partial charge in [-0.15, -0.1) is 0 Å². The highest BCUT2D eigenvalue weighted by molar-refractivity contribution is 6.00. The second-order valence-corrected chi connectivity index (χ2v) is 10.9. The molecule has 0 fully saturated rings. The van der Waals surface area contributed by atoms with E-state index >= 15 is 0 Å². The lowest BCUT2D eigenvalue weighted by Gasteiger charge is -2.08. The van der Waals surface area contributed by atoms with E-state index in [1.165, 1.54) is 0 Å². The van der Waals surface area contributed by atoms with Gasteiger partial charge in [0, 0.05) is 61.3 Å². The number of hydrogen-bond donors (Lipinski definition) is 4. The van der Waals surface area contributed by atoms with Crippen LogP contribution in [0.4, 0.5) is 11.4 Å². The lowest BCUT2D eigenvalue weighted by Crippen LogP contribution is -1.94. The van der Waals surface area contributed by atoms with Gasteiger partial charge in [-0.25, -0.2) is 9.97 Å². The Labute approximate surface area is 254 Å². The fourth-order valence-electron chi connectivity index (χ4n) is 6.06. The number of benzene rings is 3. The van der Waals surface area contributed by atoms with Crippen LogP contribution >= 0.6 is 0 Å². The highest BCUT2D eigenvalue weighted by atomic mass is 14.8. The Morgan fingerprint density at radius 3 is 1.64 bits per heavy atom. The maximum atomic E-state index is 6.60. The molecular weight excluding hydrogens is 540 g/mol. The number of para-hydroxylation sites is 2. The first kappa shape index (κ1) is 25.6. The molecule has 6 heteroatoms. The summed E-state index contributed by atoms with van der Waals surface area (Å²) in [7, 11) is 0. The van der Waals surface area contributed by atoms with E-state index in [-0.39, 0.29) is 0 Å². The van der Waals surface area contributed by atoms with Crippen LogP contribution in [0.3, 0.4) is 0 Å². The zero-order valence-electron chi connectivity index (χ0n) is 23.8. The Hall–Kier alpha value is -6.14. The summed E-state index contributed by atoms with van der Waals surface area (Å²) in [5.74, 6) is 0. The maximum absolute atomic E-state index is 6.60. The van der Waals surface area contributed by atoms with Crippen molar-refractivity contribution in [2.24, 2.45) is 0 Å². The number of anilines is 2. The van der Waals surface area contributed by atoms with Gasteiger partial charge in [0.2, 0.25) is 0 Å². The number of aromatic amines is 2. The topological polar surface area (TPSA) is 109 Å². The summed E-state index contributed by atoms with van der Waals surface area (Å²) in [5.41, 5.74) is 27.3. The van der Waals surface area contributed by atoms with E-state index in [1.807, 2.05) is 72.8 Å². The van der Waals surface area contributed by atoms with Crippen LogP contribution in [0, 0.1) is 0 Å². The van der Waals surface area contributed by atoms with Crippen molar-refractivity contribution < 1.29 is 0 Å². The standard InChI is InChI=1S/C38H28N6/c39-28-12-6-4-10-26(28)37-32-17-15-25(42-32)22-24-14-16-30(41-24)36(23-8-2-1-3-9-23)31-18-19-34(43-31)38(35-21-20-33(37)44-35)27-11-5-7-13-29(27)40/h1-22,42-43H,39-40H2. The van der Waals surface area contributed by atoms with E-state index in [0.29, 0.717) is 11.4 Å². The van der Waals surface area contributed by atoms with Gasteiger partial charge in [-0.3, -0.25) is 0 Å². The summed E-state index contributed by atoms with van der Waals surface area (Å²) in [6.07, 6.45) is 8.22. The van der Waals surface area contributed by atoms with Crippen LogP contribution in [-0.2, 0) is 0 Å². The summed E-state index contributed by atoms with van der Waals surface area (Å²) in [6, 6.07) is 36.5. The first-order valence-corrected chi connectivity index (χ1v) is 14.5. The van der Waals surface area contributed by atoms with Crippen molar-refractivity contribution in [2.75, 3.05) is 11.5 Å². The molecule has 44 heavy (non-hydrogen) atoms. The second-order valence-electron chi connectivity index (χ2n) is 10.9. The minimum atomic E-state index is 0.674. The highest BCUT2D eigenvalue weighted by Crippen LogP contribution is 2.38. The number of nitrogens with one attached hydrogen (secondary N) is 2. The minimum absolute atomic E-state index is 0.674. The van der Waals surface area contributed by atoms with Crippen molar-refractivity contribution in [2.45, 2.75) is 0 Å². The Morgan fingerprint density at radius 1 is 0.455 bits per heavy atom. The average molecular weight is 569 g/mol. The molecule has 0 amide bonds. The van der Waals surface area contributed by atoms with Crippen LogP contribution in [0.5, 0.6) is 0 Å². The molecule has 0 aliphatic carbocycles. The number of nitrogens with zero attached hydrogens (tertiary/aromatic N) is 2. The Kier molecular flexibility index (Phi) is 5.98. The summed E-state index contributed by atoms with van der Waals surface area (Å²) in [6.45, 7) is 0. The molecule has 6 N–H and O–H groups in total. The molecular formula is C38H28N6. The van der Waals surface area contributed by atoms with Crippen molar-refractivity contribution in [3.05, 3.63) is 132 Å². The number of nitrogens with two attached hydrogens (primary N) is 2. The third-order valence-corrected chi connectivity index (χ3v) is 8.10. The lowest BCUT2D eigenvalue weighted by atomic mass is 10.0. The van der Waals surface area contributed by atoms with Crippen molar-refractivity contribution >= 4 is 57.7 Å². The summed E-state index contributed by atoms with van der Waals surface area (Å²) in [5, 5.41) is 0. The molecule has 0 radical (unpaired) electrons. The van der Waals surface area contributed by atoms with Crippen LogP contribution in [0.2, 0.25) is 0 Å². The zero-order chi connectivity index (χ0) is 29.6. The molecule has 5 heterocycles. The van der Waals surface area contributed by atoms with Crippen LogP contribution in [-0.4, -0.2) is 19.9 Å². The molecule has 210 valence electrons. The molecule has 0 spiro atoms. The van der Waals surface area contributed by atoms with Gasteiger partial charge in [0.05, 0.1) is 22.8 Å². The fourth-order valence-corrected chi connectivity index (χ4v) is 6.06. The van der Waals surface area contributed by atoms with Gasteiger partial charge >= 0.3 is 0 Å². The van der Waals surface area contributed by atoms with E-state index in [9.17, 15) is 0 Å². The first-order chi connectivity index (χ1) is 21.6. The Bertz CT molecular complexity index is 2300. The number of fused-ring (bicyclic) bond motifs is 8. The largest absolute Gasteiger partial charge is 0.398 e. The number of rotatable bonds is 3. The van der Waals surface area contributed by atoms with E-state index in [4.69, 9.17) is 21.4 Å². The van der Waals surface area contributed by atoms with E-state index < -0.39 is 0 Å². The van der Waals surface area contributed by atoms with E-state index in [1.54, 1.807) is 0 Å². The number of hydrogen-bond acceptors (Lipinski definition) is 4. The fraction of sp³-hybridized carbons (Fsp3) is 0. The first-order valence-electron chi connectivity index (χ1n) is 14.5. The van der Waals surface area contributed by atoms with Gasteiger partial charge in [-0.2, -0.15) is 0 Å². The summed E-state index contributed by atoms with van der Waals surface area (Å²) < 4.78 is 0. The molecule has 8 rings (SSSR count). The second kappa shape index (κ2) is 10.3. The van der Waals surface area contributed by atoms with Gasteiger partial charge in [-0.05, 0) is 72.3 Å². The molecule has 6 nitrogen and oxygen atoms in total. The van der Waals surface area contributed by atoms with Gasteiger partial charge in [0.1, 0.15) is 0 Å². The van der Waals surface area contributed by atoms with Crippen LogP contribution in [0.15, 0.2) is 109 Å². The lowest BCUT2D eigenvalue weighted by molar-refractivity contribution is 1.31. The van der Waals surface area contributed by atoms with Gasteiger partial charge < -0.3 is 21.4 Å². The monoisotopic (exact) mass is 568 g/mol. The molecule has 2 aliphatic heterocycles. The third kappa shape index (κ3) is 4.37. The normalized spacial score (nSPS) is 12.1. The molecule has 0 saturated carbocycles. The SMILES string of the molecule is Nc1ccccc1-c1c2nc(c(-c3ccccc3N)c3ccc([nH]3)c(-c3ccccc3)c3nc(cc4ccc1[nH]4)C=C3)C=C2. The quantitative estimate of drug-likeness (QED) is 0.160. The van der Waals surface area contributed by atoms with E-state index in [2.05, 4.69) is 70.7 Å². The maximum Gasteiger partial charge on any atom is 0.0738 e. The summed E-state index contributed by atoms with van der Waals surface area (Å²) >= 11 is 0. The molecule has 3 aromatic heterocycles. The van der Waals surface area contributed by atoms with Crippen molar-refractivity contribution in [3.8, 4) is 33.4 Å². The predicted octanol–water partition coefficient (Wildman–Crippen LogP) is 8.82. The third-order valence-electron chi connectivity index (χ3n) is 8.10. The number of nitrogen functional groups attached to an aromatic ring is 2. The van der Waals surface area contributed by atoms with Gasteiger partial charge in [0.15, 0.2) is 0 Å². The summed E-state index contributed by atoms with van der Waals surface area (Å²) in [4.78, 5) is 17.6. The Morgan fingerprint density at radius 2 is 0.977 bits per heavy atom. The molecule has 2 aliphatic rings. The van der Waals surface area contributed by atoms with Gasteiger partial charge in [-0.1, -0.05) is 66.7 Å². The van der Waals surface area contributed by atoms with Crippen LogP contribution in [0.25, 0.3) is 79.8 Å². The van der Waals surface area contributed by atoms with Gasteiger partial charge in [0.25, 0.3) is 0 Å². The molecule has 8 bridgehead atoms. The van der Waals surface area contributed by atoms with Crippen molar-refractivity contribution in [3.63, 3.8) is 0 Å². The van der Waals surface area contributed by atoms with Crippen LogP contribution < -0.4 is 11.5 Å². The highest BCUT2D eigenvalue weighted by Gasteiger charge is 2.18. The molecule has 0 atom stereocenters. The van der Waals surface area contributed by atoms with E-state index in [0.717, 1.165) is 78.2 Å². The number of aromatic nitrogens is 4. The Balaban J connectivity index is 1.56. The van der Waals surface area contributed by atoms with Crippen molar-refractivity contribution in [1.82, 2.24) is 19.9 Å².